The minimum atomic E-state index is -1.00. The van der Waals surface area contributed by atoms with Crippen molar-refractivity contribution in [2.24, 2.45) is 0 Å². The number of amides is 2. The number of aliphatic carboxylic acids is 1. The largest absolute Gasteiger partial charge is 0.480 e. The van der Waals surface area contributed by atoms with Gasteiger partial charge in [0.25, 0.3) is 0 Å². The van der Waals surface area contributed by atoms with Gasteiger partial charge in [-0.2, -0.15) is 0 Å². The van der Waals surface area contributed by atoms with Crippen LogP contribution in [0.1, 0.15) is 26.7 Å². The summed E-state index contributed by atoms with van der Waals surface area (Å²) in [6, 6.07) is -1.14. The van der Waals surface area contributed by atoms with E-state index in [1.54, 1.807) is 11.8 Å². The molecule has 1 heterocycles. The van der Waals surface area contributed by atoms with Crippen molar-refractivity contribution in [2.45, 2.75) is 38.8 Å². The molecule has 1 saturated heterocycles. The number of rotatable bonds is 3. The zero-order valence-corrected chi connectivity index (χ0v) is 10.3. The van der Waals surface area contributed by atoms with Gasteiger partial charge in [0.05, 0.1) is 6.10 Å². The molecule has 17 heavy (non-hydrogen) atoms. The van der Waals surface area contributed by atoms with E-state index in [9.17, 15) is 9.59 Å². The van der Waals surface area contributed by atoms with Gasteiger partial charge in [0.2, 0.25) is 0 Å². The van der Waals surface area contributed by atoms with Gasteiger partial charge in [-0.25, -0.2) is 9.59 Å². The topological polar surface area (TPSA) is 78.9 Å². The van der Waals surface area contributed by atoms with Gasteiger partial charge in [-0.3, -0.25) is 0 Å². The summed E-state index contributed by atoms with van der Waals surface area (Å²) in [5, 5.41) is 11.4. The Bertz CT molecular complexity index is 283. The van der Waals surface area contributed by atoms with Crippen LogP contribution in [0.25, 0.3) is 0 Å². The molecule has 0 spiro atoms. The van der Waals surface area contributed by atoms with Gasteiger partial charge in [0.1, 0.15) is 6.04 Å². The molecule has 1 fully saturated rings. The molecule has 0 aliphatic carbocycles. The Kier molecular flexibility index (Phi) is 5.21. The number of carboxylic acid groups (broad SMARTS) is 1. The fourth-order valence-electron chi connectivity index (χ4n) is 1.76. The number of carbonyl (C=O) groups is 2. The third-order valence-electron chi connectivity index (χ3n) is 2.74. The van der Waals surface area contributed by atoms with E-state index in [1.165, 1.54) is 0 Å². The van der Waals surface area contributed by atoms with E-state index in [0.29, 0.717) is 26.1 Å². The van der Waals surface area contributed by atoms with Gasteiger partial charge in [-0.05, 0) is 19.8 Å². The minimum Gasteiger partial charge on any atom is -0.480 e. The van der Waals surface area contributed by atoms with Gasteiger partial charge in [-0.15, -0.1) is 0 Å². The zero-order valence-electron chi connectivity index (χ0n) is 10.3. The van der Waals surface area contributed by atoms with Crippen LogP contribution in [0, 0.1) is 0 Å². The fourth-order valence-corrected chi connectivity index (χ4v) is 1.76. The van der Waals surface area contributed by atoms with E-state index in [0.717, 1.165) is 6.42 Å². The first-order valence-corrected chi connectivity index (χ1v) is 5.94. The Hall–Kier alpha value is -1.30. The first kappa shape index (κ1) is 13.8. The number of hydrogen-bond acceptors (Lipinski definition) is 3. The lowest BCUT2D eigenvalue weighted by Gasteiger charge is -2.24. The van der Waals surface area contributed by atoms with Gasteiger partial charge in [0.15, 0.2) is 0 Å². The number of urea groups is 1. The SMILES string of the molecule is CC[C@H](NC(=O)N1CCCOC(C)C1)C(=O)O. The summed E-state index contributed by atoms with van der Waals surface area (Å²) in [4.78, 5) is 24.3. The predicted molar refractivity (Wildman–Crippen MR) is 61.9 cm³/mol. The molecule has 0 saturated carbocycles. The highest BCUT2D eigenvalue weighted by molar-refractivity contribution is 5.82. The van der Waals surface area contributed by atoms with E-state index in [2.05, 4.69) is 5.32 Å². The normalized spacial score (nSPS) is 22.7. The van der Waals surface area contributed by atoms with Crippen LogP contribution in [-0.4, -0.2) is 53.8 Å². The quantitative estimate of drug-likeness (QED) is 0.764. The molecule has 0 aromatic rings. The van der Waals surface area contributed by atoms with Crippen molar-refractivity contribution in [1.29, 1.82) is 0 Å². The monoisotopic (exact) mass is 244 g/mol. The van der Waals surface area contributed by atoms with Crippen molar-refractivity contribution < 1.29 is 19.4 Å². The summed E-state index contributed by atoms with van der Waals surface area (Å²) in [5.74, 6) is -1.00. The average Bonchev–Trinajstić information content (AvgIpc) is 2.50. The third-order valence-corrected chi connectivity index (χ3v) is 2.74. The smallest absolute Gasteiger partial charge is 0.326 e. The van der Waals surface area contributed by atoms with Crippen molar-refractivity contribution in [3.05, 3.63) is 0 Å². The van der Waals surface area contributed by atoms with Crippen molar-refractivity contribution in [1.82, 2.24) is 10.2 Å². The van der Waals surface area contributed by atoms with Crippen molar-refractivity contribution in [2.75, 3.05) is 19.7 Å². The second-order valence-electron chi connectivity index (χ2n) is 4.23. The van der Waals surface area contributed by atoms with Gasteiger partial charge < -0.3 is 20.1 Å². The molecule has 2 N–H and O–H groups in total. The number of carboxylic acids is 1. The molecular formula is C11H20N2O4. The van der Waals surface area contributed by atoms with E-state index < -0.39 is 12.0 Å². The van der Waals surface area contributed by atoms with E-state index in [1.807, 2.05) is 6.92 Å². The molecule has 0 radical (unpaired) electrons. The number of carbonyl (C=O) groups excluding carboxylic acids is 1. The molecule has 98 valence electrons. The standard InChI is InChI=1S/C11H20N2O4/c1-3-9(10(14)15)12-11(16)13-5-4-6-17-8(2)7-13/h8-9H,3-7H2,1-2H3,(H,12,16)(H,14,15)/t8?,9-/m0/s1. The summed E-state index contributed by atoms with van der Waals surface area (Å²) in [7, 11) is 0. The van der Waals surface area contributed by atoms with Crippen LogP contribution in [0.4, 0.5) is 4.79 Å². The molecule has 2 amide bonds. The lowest BCUT2D eigenvalue weighted by molar-refractivity contribution is -0.139. The van der Waals surface area contributed by atoms with Crippen LogP contribution in [0.5, 0.6) is 0 Å². The molecule has 6 heteroatoms. The molecular weight excluding hydrogens is 224 g/mol. The molecule has 2 atom stereocenters. The number of hydrogen-bond donors (Lipinski definition) is 2. The summed E-state index contributed by atoms with van der Waals surface area (Å²) in [5.41, 5.74) is 0. The molecule has 1 unspecified atom stereocenters. The molecule has 0 aromatic carbocycles. The molecule has 1 aliphatic heterocycles. The second kappa shape index (κ2) is 6.44. The number of nitrogens with one attached hydrogen (secondary N) is 1. The van der Waals surface area contributed by atoms with Crippen molar-refractivity contribution >= 4 is 12.0 Å². The minimum absolute atomic E-state index is 0.00634. The molecule has 0 aromatic heterocycles. The van der Waals surface area contributed by atoms with E-state index in [4.69, 9.17) is 9.84 Å². The first-order chi connectivity index (χ1) is 8.04. The highest BCUT2D eigenvalue weighted by Gasteiger charge is 2.24. The van der Waals surface area contributed by atoms with E-state index >= 15 is 0 Å². The highest BCUT2D eigenvalue weighted by atomic mass is 16.5. The van der Waals surface area contributed by atoms with Crippen LogP contribution in [-0.2, 0) is 9.53 Å². The Morgan fingerprint density at radius 1 is 1.59 bits per heavy atom. The number of ether oxygens (including phenoxy) is 1. The molecule has 6 nitrogen and oxygen atoms in total. The van der Waals surface area contributed by atoms with Crippen LogP contribution < -0.4 is 5.32 Å². The summed E-state index contributed by atoms with van der Waals surface area (Å²) in [6.45, 7) is 5.38. The average molecular weight is 244 g/mol. The van der Waals surface area contributed by atoms with Gasteiger partial charge in [-0.1, -0.05) is 6.92 Å². The molecule has 1 rings (SSSR count). The summed E-state index contributed by atoms with van der Waals surface area (Å²) in [6.07, 6.45) is 1.15. The van der Waals surface area contributed by atoms with Crippen molar-refractivity contribution in [3.63, 3.8) is 0 Å². The lowest BCUT2D eigenvalue weighted by Crippen LogP contribution is -2.49. The predicted octanol–water partition coefficient (Wildman–Crippen LogP) is 0.670. The lowest BCUT2D eigenvalue weighted by atomic mass is 10.2. The maximum Gasteiger partial charge on any atom is 0.326 e. The van der Waals surface area contributed by atoms with Crippen LogP contribution in [0.15, 0.2) is 0 Å². The van der Waals surface area contributed by atoms with Crippen LogP contribution in [0.3, 0.4) is 0 Å². The first-order valence-electron chi connectivity index (χ1n) is 5.94. The number of nitrogens with zero attached hydrogens (tertiary/aromatic N) is 1. The second-order valence-corrected chi connectivity index (χ2v) is 4.23. The van der Waals surface area contributed by atoms with Crippen LogP contribution >= 0.6 is 0 Å². The molecule has 0 bridgehead atoms. The summed E-state index contributed by atoms with van der Waals surface area (Å²) >= 11 is 0. The Labute approximate surface area is 101 Å². The van der Waals surface area contributed by atoms with Crippen LogP contribution in [0.2, 0.25) is 0 Å². The summed E-state index contributed by atoms with van der Waals surface area (Å²) < 4.78 is 5.42. The highest BCUT2D eigenvalue weighted by Crippen LogP contribution is 2.06. The molecule has 1 aliphatic rings. The third kappa shape index (κ3) is 4.22. The fraction of sp³-hybridized carbons (Fsp3) is 0.818. The Balaban J connectivity index is 2.53. The van der Waals surface area contributed by atoms with E-state index in [-0.39, 0.29) is 12.1 Å². The van der Waals surface area contributed by atoms with Gasteiger partial charge in [0, 0.05) is 19.7 Å². The maximum atomic E-state index is 11.9. The Morgan fingerprint density at radius 3 is 2.88 bits per heavy atom. The Morgan fingerprint density at radius 2 is 2.29 bits per heavy atom. The zero-order chi connectivity index (χ0) is 12.8. The van der Waals surface area contributed by atoms with Crippen molar-refractivity contribution in [3.8, 4) is 0 Å². The maximum absolute atomic E-state index is 11.9. The van der Waals surface area contributed by atoms with Gasteiger partial charge >= 0.3 is 12.0 Å².